The molecule has 0 unspecified atom stereocenters. The van der Waals surface area contributed by atoms with Crippen LogP contribution in [0.3, 0.4) is 0 Å². The van der Waals surface area contributed by atoms with Gasteiger partial charge in [-0.15, -0.1) is 0 Å². The third-order valence-electron chi connectivity index (χ3n) is 4.75. The Morgan fingerprint density at radius 2 is 2.03 bits per heavy atom. The highest BCUT2D eigenvalue weighted by molar-refractivity contribution is 5.80. The van der Waals surface area contributed by atoms with Crippen molar-refractivity contribution in [3.63, 3.8) is 0 Å². The Bertz CT molecular complexity index is 1180. The minimum Gasteiger partial charge on any atom is -0.477 e. The smallest absolute Gasteiger partial charge is 0.222 e. The Hall–Kier alpha value is -3.49. The maximum absolute atomic E-state index is 5.73. The molecule has 156 valence electrons. The number of nitrogens with zero attached hydrogens (tertiary/aromatic N) is 7. The predicted molar refractivity (Wildman–Crippen MR) is 115 cm³/mol. The lowest BCUT2D eigenvalue weighted by molar-refractivity contribution is 0.328. The van der Waals surface area contributed by atoms with E-state index >= 15 is 0 Å². The number of nitrogens with one attached hydrogen (secondary N) is 1. The summed E-state index contributed by atoms with van der Waals surface area (Å²) < 4.78 is 9.31. The van der Waals surface area contributed by atoms with Crippen molar-refractivity contribution in [3.05, 3.63) is 48.1 Å². The van der Waals surface area contributed by atoms with Crippen LogP contribution in [0.15, 0.2) is 30.7 Å². The quantitative estimate of drug-likeness (QED) is 0.503. The Labute approximate surface area is 175 Å². The summed E-state index contributed by atoms with van der Waals surface area (Å²) in [6.07, 6.45) is 3.41. The van der Waals surface area contributed by atoms with Crippen LogP contribution in [-0.4, -0.2) is 41.0 Å². The number of pyridine rings is 1. The van der Waals surface area contributed by atoms with Crippen LogP contribution >= 0.6 is 0 Å². The van der Waals surface area contributed by atoms with Crippen molar-refractivity contribution >= 4 is 11.2 Å². The first-order valence-corrected chi connectivity index (χ1v) is 10.0. The van der Waals surface area contributed by atoms with Crippen molar-refractivity contribution in [2.24, 2.45) is 7.05 Å². The topological polar surface area (TPSA) is 95.0 Å². The standard InChI is InChI=1S/C21H26N8O/c1-6-30-21-15(8-7-9-22-21)16-10-17(23-11-18-24-12-28(5)27-18)20-19(13(2)3)25-14(4)29(20)26-16/h7-10,12-13,23H,6,11H2,1-5H3. The van der Waals surface area contributed by atoms with Crippen LogP contribution < -0.4 is 10.1 Å². The molecule has 4 rings (SSSR count). The van der Waals surface area contributed by atoms with Crippen LogP contribution in [0, 0.1) is 6.92 Å². The molecule has 4 aromatic rings. The zero-order valence-corrected chi connectivity index (χ0v) is 17.9. The van der Waals surface area contributed by atoms with Gasteiger partial charge in [0, 0.05) is 13.2 Å². The van der Waals surface area contributed by atoms with Crippen LogP contribution in [0.25, 0.3) is 16.8 Å². The highest BCUT2D eigenvalue weighted by Gasteiger charge is 2.20. The van der Waals surface area contributed by atoms with Gasteiger partial charge >= 0.3 is 0 Å². The van der Waals surface area contributed by atoms with Crippen LogP contribution in [0.2, 0.25) is 0 Å². The fourth-order valence-electron chi connectivity index (χ4n) is 3.41. The van der Waals surface area contributed by atoms with Crippen LogP contribution in [0.1, 0.15) is 44.0 Å². The summed E-state index contributed by atoms with van der Waals surface area (Å²) in [5, 5.41) is 12.7. The van der Waals surface area contributed by atoms with Crippen LogP contribution in [0.5, 0.6) is 5.88 Å². The van der Waals surface area contributed by atoms with E-state index < -0.39 is 0 Å². The zero-order chi connectivity index (χ0) is 21.3. The third kappa shape index (κ3) is 3.70. The number of aromatic nitrogens is 7. The van der Waals surface area contributed by atoms with E-state index in [0.717, 1.165) is 34.0 Å². The van der Waals surface area contributed by atoms with Crippen LogP contribution in [-0.2, 0) is 13.6 Å². The maximum atomic E-state index is 5.73. The molecule has 30 heavy (non-hydrogen) atoms. The molecule has 9 heteroatoms. The largest absolute Gasteiger partial charge is 0.477 e. The van der Waals surface area contributed by atoms with E-state index in [1.54, 1.807) is 17.2 Å². The molecule has 0 atom stereocenters. The van der Waals surface area contributed by atoms with Gasteiger partial charge in [-0.2, -0.15) is 10.2 Å². The molecule has 1 N–H and O–H groups in total. The maximum Gasteiger partial charge on any atom is 0.222 e. The van der Waals surface area contributed by atoms with E-state index in [1.807, 2.05) is 43.6 Å². The first-order chi connectivity index (χ1) is 14.5. The molecular weight excluding hydrogens is 380 g/mol. The van der Waals surface area contributed by atoms with E-state index in [0.29, 0.717) is 24.9 Å². The number of aryl methyl sites for hydroxylation is 2. The second-order valence-electron chi connectivity index (χ2n) is 7.38. The van der Waals surface area contributed by atoms with Gasteiger partial charge in [0.15, 0.2) is 5.82 Å². The van der Waals surface area contributed by atoms with E-state index in [9.17, 15) is 0 Å². The number of ether oxygens (including phenoxy) is 1. The van der Waals surface area contributed by atoms with Crippen molar-refractivity contribution in [1.29, 1.82) is 0 Å². The Morgan fingerprint density at radius 1 is 1.20 bits per heavy atom. The molecule has 9 nitrogen and oxygen atoms in total. The Kier molecular flexibility index (Phi) is 5.35. The molecule has 0 aromatic carbocycles. The SMILES string of the molecule is CCOc1ncccc1-c1cc(NCc2ncn(C)n2)c2c(C(C)C)nc(C)n2n1. The van der Waals surface area contributed by atoms with E-state index in [1.165, 1.54) is 0 Å². The highest BCUT2D eigenvalue weighted by atomic mass is 16.5. The van der Waals surface area contributed by atoms with Gasteiger partial charge in [0.25, 0.3) is 0 Å². The van der Waals surface area contributed by atoms with Crippen molar-refractivity contribution in [1.82, 2.24) is 34.3 Å². The molecule has 0 aliphatic rings. The first-order valence-electron chi connectivity index (χ1n) is 10.0. The number of hydrogen-bond acceptors (Lipinski definition) is 7. The molecule has 4 heterocycles. The van der Waals surface area contributed by atoms with Gasteiger partial charge in [-0.3, -0.25) is 4.68 Å². The third-order valence-corrected chi connectivity index (χ3v) is 4.75. The molecule has 0 aliphatic carbocycles. The summed E-state index contributed by atoms with van der Waals surface area (Å²) in [6, 6.07) is 5.87. The van der Waals surface area contributed by atoms with Gasteiger partial charge in [0.1, 0.15) is 17.7 Å². The summed E-state index contributed by atoms with van der Waals surface area (Å²) in [7, 11) is 1.86. The average molecular weight is 406 g/mol. The number of rotatable bonds is 7. The number of anilines is 1. The summed E-state index contributed by atoms with van der Waals surface area (Å²) in [5.41, 5.74) is 4.47. The highest BCUT2D eigenvalue weighted by Crippen LogP contribution is 2.33. The van der Waals surface area contributed by atoms with Gasteiger partial charge in [-0.05, 0) is 38.0 Å². The van der Waals surface area contributed by atoms with Crippen molar-refractivity contribution < 1.29 is 4.74 Å². The van der Waals surface area contributed by atoms with Gasteiger partial charge in [-0.1, -0.05) is 13.8 Å². The Balaban J connectivity index is 1.86. The van der Waals surface area contributed by atoms with E-state index in [-0.39, 0.29) is 5.92 Å². The lowest BCUT2D eigenvalue weighted by Crippen LogP contribution is -2.07. The predicted octanol–water partition coefficient (Wildman–Crippen LogP) is 3.36. The van der Waals surface area contributed by atoms with Crippen molar-refractivity contribution in [3.8, 4) is 17.1 Å². The minimum absolute atomic E-state index is 0.257. The molecule has 0 saturated heterocycles. The normalized spacial score (nSPS) is 11.4. The molecule has 0 amide bonds. The summed E-state index contributed by atoms with van der Waals surface area (Å²) >= 11 is 0. The van der Waals surface area contributed by atoms with E-state index in [2.05, 4.69) is 34.2 Å². The lowest BCUT2D eigenvalue weighted by atomic mass is 10.1. The number of hydrogen-bond donors (Lipinski definition) is 1. The second kappa shape index (κ2) is 8.10. The monoisotopic (exact) mass is 406 g/mol. The van der Waals surface area contributed by atoms with Gasteiger partial charge in [-0.25, -0.2) is 19.5 Å². The molecule has 0 spiro atoms. The summed E-state index contributed by atoms with van der Waals surface area (Å²) in [5.74, 6) is 2.36. The molecule has 0 fully saturated rings. The molecular formula is C21H26N8O. The molecule has 0 saturated carbocycles. The second-order valence-corrected chi connectivity index (χ2v) is 7.38. The minimum atomic E-state index is 0.257. The van der Waals surface area contributed by atoms with Crippen molar-refractivity contribution in [2.45, 2.75) is 40.2 Å². The summed E-state index contributed by atoms with van der Waals surface area (Å²) in [6.45, 7) is 9.20. The van der Waals surface area contributed by atoms with Crippen molar-refractivity contribution in [2.75, 3.05) is 11.9 Å². The fraction of sp³-hybridized carbons (Fsp3) is 0.381. The molecule has 0 bridgehead atoms. The van der Waals surface area contributed by atoms with E-state index in [4.69, 9.17) is 14.8 Å². The van der Waals surface area contributed by atoms with Crippen LogP contribution in [0.4, 0.5) is 5.69 Å². The van der Waals surface area contributed by atoms with Gasteiger partial charge < -0.3 is 10.1 Å². The zero-order valence-electron chi connectivity index (χ0n) is 17.9. The lowest BCUT2D eigenvalue weighted by Gasteiger charge is -2.13. The average Bonchev–Trinajstić information content (AvgIpc) is 3.30. The number of fused-ring (bicyclic) bond motifs is 1. The van der Waals surface area contributed by atoms with Gasteiger partial charge in [0.05, 0.1) is 35.8 Å². The van der Waals surface area contributed by atoms with Gasteiger partial charge in [0.2, 0.25) is 5.88 Å². The molecule has 0 aliphatic heterocycles. The first kappa shape index (κ1) is 19.8. The summed E-state index contributed by atoms with van der Waals surface area (Å²) in [4.78, 5) is 13.5. The Morgan fingerprint density at radius 3 is 2.73 bits per heavy atom. The number of imidazole rings is 1. The molecule has 0 radical (unpaired) electrons. The molecule has 4 aromatic heterocycles. The fourth-order valence-corrected chi connectivity index (χ4v) is 3.41.